The number of carbonyl (C=O) groups excluding carboxylic acids is 1. The van der Waals surface area contributed by atoms with E-state index in [9.17, 15) is 9.18 Å². The van der Waals surface area contributed by atoms with Gasteiger partial charge in [0.1, 0.15) is 5.82 Å². The first-order valence-corrected chi connectivity index (χ1v) is 6.19. The number of hydrogen-bond acceptors (Lipinski definition) is 2. The standard InChI is InChI=1S/C14H9Cl2FO2/c15-11-2-1-3-12(16)14(11)19-8-13(18)9-4-6-10(17)7-5-9/h1-7H,8H2. The molecule has 0 aromatic heterocycles. The lowest BCUT2D eigenvalue weighted by Crippen LogP contribution is -2.12. The lowest BCUT2D eigenvalue weighted by Gasteiger charge is -2.09. The SMILES string of the molecule is O=C(COc1c(Cl)cccc1Cl)c1ccc(F)cc1. The molecule has 0 amide bonds. The first-order valence-electron chi connectivity index (χ1n) is 5.43. The molecule has 2 aromatic rings. The van der Waals surface area contributed by atoms with E-state index < -0.39 is 5.82 Å². The van der Waals surface area contributed by atoms with Gasteiger partial charge in [-0.25, -0.2) is 4.39 Å². The minimum Gasteiger partial charge on any atom is -0.482 e. The number of rotatable bonds is 4. The number of ether oxygens (including phenoxy) is 1. The summed E-state index contributed by atoms with van der Waals surface area (Å²) >= 11 is 11.8. The summed E-state index contributed by atoms with van der Waals surface area (Å²) in [6.45, 7) is -0.213. The average Bonchev–Trinajstić information content (AvgIpc) is 2.38. The van der Waals surface area contributed by atoms with Crippen LogP contribution in [0.4, 0.5) is 4.39 Å². The number of Topliss-reactive ketones (excluding diaryl/α,β-unsaturated/α-hetero) is 1. The summed E-state index contributed by atoms with van der Waals surface area (Å²) in [6, 6.07) is 10.1. The quantitative estimate of drug-likeness (QED) is 0.782. The molecule has 0 radical (unpaired) electrons. The van der Waals surface area contributed by atoms with Crippen molar-refractivity contribution in [1.82, 2.24) is 0 Å². The number of carbonyl (C=O) groups is 1. The van der Waals surface area contributed by atoms with Crippen LogP contribution in [0.15, 0.2) is 42.5 Å². The van der Waals surface area contributed by atoms with E-state index in [0.717, 1.165) is 0 Å². The fraction of sp³-hybridized carbons (Fsp3) is 0.0714. The molecule has 0 atom stereocenters. The fourth-order valence-corrected chi connectivity index (χ4v) is 1.98. The van der Waals surface area contributed by atoms with Crippen LogP contribution in [0.5, 0.6) is 5.75 Å². The van der Waals surface area contributed by atoms with Gasteiger partial charge in [-0.15, -0.1) is 0 Å². The van der Waals surface area contributed by atoms with Crippen LogP contribution in [-0.2, 0) is 0 Å². The van der Waals surface area contributed by atoms with Gasteiger partial charge in [-0.2, -0.15) is 0 Å². The van der Waals surface area contributed by atoms with Crippen LogP contribution in [0.2, 0.25) is 10.0 Å². The average molecular weight is 299 g/mol. The molecule has 2 nitrogen and oxygen atoms in total. The van der Waals surface area contributed by atoms with Crippen LogP contribution in [0.1, 0.15) is 10.4 Å². The number of hydrogen-bond donors (Lipinski definition) is 0. The molecule has 0 unspecified atom stereocenters. The van der Waals surface area contributed by atoms with Crippen molar-refractivity contribution in [3.8, 4) is 5.75 Å². The molecular formula is C14H9Cl2FO2. The Bertz CT molecular complexity index is 577. The van der Waals surface area contributed by atoms with Crippen molar-refractivity contribution in [2.45, 2.75) is 0 Å². The largest absolute Gasteiger partial charge is 0.482 e. The number of para-hydroxylation sites is 1. The minimum absolute atomic E-state index is 0.213. The second kappa shape index (κ2) is 6.04. The van der Waals surface area contributed by atoms with Gasteiger partial charge in [-0.1, -0.05) is 29.3 Å². The number of halogens is 3. The second-order valence-corrected chi connectivity index (χ2v) is 4.58. The Balaban J connectivity index is 2.06. The maximum absolute atomic E-state index is 12.7. The predicted molar refractivity (Wildman–Crippen MR) is 72.7 cm³/mol. The molecule has 0 fully saturated rings. The van der Waals surface area contributed by atoms with Gasteiger partial charge in [0.15, 0.2) is 18.1 Å². The van der Waals surface area contributed by atoms with Gasteiger partial charge in [-0.05, 0) is 36.4 Å². The zero-order valence-corrected chi connectivity index (χ0v) is 11.2. The van der Waals surface area contributed by atoms with E-state index in [-0.39, 0.29) is 18.1 Å². The van der Waals surface area contributed by atoms with Crippen LogP contribution >= 0.6 is 23.2 Å². The van der Waals surface area contributed by atoms with E-state index in [4.69, 9.17) is 27.9 Å². The molecule has 0 N–H and O–H groups in total. The molecule has 0 saturated carbocycles. The van der Waals surface area contributed by atoms with Gasteiger partial charge in [0.25, 0.3) is 0 Å². The third-order valence-corrected chi connectivity index (χ3v) is 3.03. The predicted octanol–water partition coefficient (Wildman–Crippen LogP) is 4.39. The summed E-state index contributed by atoms with van der Waals surface area (Å²) in [5.74, 6) is -0.413. The van der Waals surface area contributed by atoms with Gasteiger partial charge in [-0.3, -0.25) is 4.79 Å². The summed E-state index contributed by atoms with van der Waals surface area (Å²) in [5, 5.41) is 0.666. The molecule has 19 heavy (non-hydrogen) atoms. The van der Waals surface area contributed by atoms with Crippen molar-refractivity contribution in [2.75, 3.05) is 6.61 Å². The molecule has 2 aromatic carbocycles. The first-order chi connectivity index (χ1) is 9.08. The van der Waals surface area contributed by atoms with Gasteiger partial charge in [0.05, 0.1) is 10.0 Å². The molecule has 5 heteroatoms. The second-order valence-electron chi connectivity index (χ2n) is 3.77. The Morgan fingerprint density at radius 1 is 1.05 bits per heavy atom. The molecule has 0 spiro atoms. The fourth-order valence-electron chi connectivity index (χ4n) is 1.48. The van der Waals surface area contributed by atoms with E-state index in [2.05, 4.69) is 0 Å². The van der Waals surface area contributed by atoms with Crippen molar-refractivity contribution in [3.05, 3.63) is 63.9 Å². The molecule has 0 aliphatic heterocycles. The summed E-state index contributed by atoms with van der Waals surface area (Å²) < 4.78 is 18.0. The molecule has 0 heterocycles. The topological polar surface area (TPSA) is 26.3 Å². The van der Waals surface area contributed by atoms with E-state index in [1.54, 1.807) is 18.2 Å². The molecular weight excluding hydrogens is 290 g/mol. The third-order valence-electron chi connectivity index (χ3n) is 2.43. The van der Waals surface area contributed by atoms with Crippen LogP contribution in [-0.4, -0.2) is 12.4 Å². The van der Waals surface area contributed by atoms with E-state index in [1.165, 1.54) is 24.3 Å². The summed E-state index contributed by atoms with van der Waals surface area (Å²) in [6.07, 6.45) is 0. The molecule has 0 bridgehead atoms. The highest BCUT2D eigenvalue weighted by Gasteiger charge is 2.11. The summed E-state index contributed by atoms with van der Waals surface area (Å²) in [4.78, 5) is 11.8. The normalized spacial score (nSPS) is 10.3. The lowest BCUT2D eigenvalue weighted by atomic mass is 10.1. The van der Waals surface area contributed by atoms with Crippen LogP contribution in [0, 0.1) is 5.82 Å². The highest BCUT2D eigenvalue weighted by molar-refractivity contribution is 6.37. The van der Waals surface area contributed by atoms with Crippen molar-refractivity contribution in [2.24, 2.45) is 0 Å². The first kappa shape index (κ1) is 13.8. The van der Waals surface area contributed by atoms with Crippen molar-refractivity contribution < 1.29 is 13.9 Å². The third kappa shape index (κ3) is 3.46. The van der Waals surface area contributed by atoms with Gasteiger partial charge >= 0.3 is 0 Å². The maximum atomic E-state index is 12.7. The highest BCUT2D eigenvalue weighted by atomic mass is 35.5. The zero-order chi connectivity index (χ0) is 13.8. The van der Waals surface area contributed by atoms with E-state index in [1.807, 2.05) is 0 Å². The van der Waals surface area contributed by atoms with Gasteiger partial charge in [0, 0.05) is 5.56 Å². The monoisotopic (exact) mass is 298 g/mol. The highest BCUT2D eigenvalue weighted by Crippen LogP contribution is 2.32. The van der Waals surface area contributed by atoms with Crippen molar-refractivity contribution in [1.29, 1.82) is 0 Å². The Labute approximate surface area is 119 Å². The zero-order valence-electron chi connectivity index (χ0n) is 9.70. The van der Waals surface area contributed by atoms with Crippen LogP contribution < -0.4 is 4.74 Å². The Kier molecular flexibility index (Phi) is 4.40. The van der Waals surface area contributed by atoms with Gasteiger partial charge in [0.2, 0.25) is 0 Å². The van der Waals surface area contributed by atoms with Gasteiger partial charge < -0.3 is 4.74 Å². The Morgan fingerprint density at radius 2 is 1.63 bits per heavy atom. The summed E-state index contributed by atoms with van der Waals surface area (Å²) in [5.41, 5.74) is 0.365. The number of benzene rings is 2. The van der Waals surface area contributed by atoms with Crippen LogP contribution in [0.25, 0.3) is 0 Å². The lowest BCUT2D eigenvalue weighted by molar-refractivity contribution is 0.0921. The Hall–Kier alpha value is -1.58. The van der Waals surface area contributed by atoms with Crippen LogP contribution in [0.3, 0.4) is 0 Å². The molecule has 0 saturated heterocycles. The maximum Gasteiger partial charge on any atom is 0.200 e. The van der Waals surface area contributed by atoms with E-state index >= 15 is 0 Å². The summed E-state index contributed by atoms with van der Waals surface area (Å²) in [7, 11) is 0. The molecule has 0 aliphatic rings. The van der Waals surface area contributed by atoms with E-state index in [0.29, 0.717) is 15.6 Å². The number of ketones is 1. The molecule has 2 rings (SSSR count). The molecule has 0 aliphatic carbocycles. The van der Waals surface area contributed by atoms with Crippen molar-refractivity contribution in [3.63, 3.8) is 0 Å². The minimum atomic E-state index is -0.397. The smallest absolute Gasteiger partial charge is 0.200 e. The Morgan fingerprint density at radius 3 is 2.21 bits per heavy atom. The molecule has 98 valence electrons. The van der Waals surface area contributed by atoms with Crippen molar-refractivity contribution >= 4 is 29.0 Å².